The van der Waals surface area contributed by atoms with E-state index >= 15 is 0 Å². The fourth-order valence-electron chi connectivity index (χ4n) is 2.46. The summed E-state index contributed by atoms with van der Waals surface area (Å²) in [6.07, 6.45) is 1.90. The van der Waals surface area contributed by atoms with Crippen LogP contribution in [-0.4, -0.2) is 18.3 Å². The molecule has 0 N–H and O–H groups in total. The smallest absolute Gasteiger partial charge is 0.231 e. The first-order valence-corrected chi connectivity index (χ1v) is 7.61. The molecule has 0 bridgehead atoms. The van der Waals surface area contributed by atoms with Gasteiger partial charge in [0.2, 0.25) is 6.79 Å². The second-order valence-electron chi connectivity index (χ2n) is 4.87. The van der Waals surface area contributed by atoms with Gasteiger partial charge in [-0.1, -0.05) is 12.1 Å². The Balaban J connectivity index is 1.76. The summed E-state index contributed by atoms with van der Waals surface area (Å²) in [6, 6.07) is 14.0. The van der Waals surface area contributed by atoms with E-state index in [0.29, 0.717) is 0 Å². The van der Waals surface area contributed by atoms with Crippen LogP contribution in [0.3, 0.4) is 0 Å². The summed E-state index contributed by atoms with van der Waals surface area (Å²) >= 11 is 1.48. The van der Waals surface area contributed by atoms with Crippen molar-refractivity contribution >= 4 is 11.5 Å². The lowest BCUT2D eigenvalue weighted by molar-refractivity contribution is 0.174. The highest BCUT2D eigenvalue weighted by Crippen LogP contribution is 2.40. The third kappa shape index (κ3) is 2.19. The molecule has 1 aromatic heterocycles. The summed E-state index contributed by atoms with van der Waals surface area (Å²) in [5, 5.41) is 0. The number of nitrogens with zero attached hydrogens (tertiary/aromatic N) is 1. The first-order chi connectivity index (χ1) is 10.8. The van der Waals surface area contributed by atoms with E-state index in [-0.39, 0.29) is 6.79 Å². The van der Waals surface area contributed by atoms with Crippen molar-refractivity contribution < 1.29 is 14.2 Å². The van der Waals surface area contributed by atoms with Gasteiger partial charge in [-0.15, -0.1) is 0 Å². The summed E-state index contributed by atoms with van der Waals surface area (Å²) in [6.45, 7) is 0.285. The monoisotopic (exact) mass is 311 g/mol. The van der Waals surface area contributed by atoms with Gasteiger partial charge in [-0.2, -0.15) is 4.37 Å². The van der Waals surface area contributed by atoms with Gasteiger partial charge in [0.25, 0.3) is 0 Å². The molecule has 1 aliphatic rings. The maximum Gasteiger partial charge on any atom is 0.231 e. The maximum atomic E-state index is 5.46. The lowest BCUT2D eigenvalue weighted by atomic mass is 10.0. The Kier molecular flexibility index (Phi) is 3.20. The van der Waals surface area contributed by atoms with Crippen molar-refractivity contribution in [2.24, 2.45) is 0 Å². The molecule has 2 aromatic carbocycles. The fraction of sp³-hybridized carbons (Fsp3) is 0.118. The molecule has 4 rings (SSSR count). The molecule has 2 heterocycles. The van der Waals surface area contributed by atoms with Gasteiger partial charge in [0.1, 0.15) is 5.75 Å². The molecule has 0 fully saturated rings. The quantitative estimate of drug-likeness (QED) is 0.726. The molecule has 3 aromatic rings. The molecule has 0 amide bonds. The molecule has 0 spiro atoms. The van der Waals surface area contributed by atoms with Crippen LogP contribution in [0.25, 0.3) is 21.6 Å². The lowest BCUT2D eigenvalue weighted by Gasteiger charge is -2.06. The number of aromatic nitrogens is 1. The van der Waals surface area contributed by atoms with Crippen molar-refractivity contribution in [3.63, 3.8) is 0 Å². The third-order valence-corrected chi connectivity index (χ3v) is 4.46. The SMILES string of the molecule is COc1ccc(-c2cnsc2-c2ccc3c(c2)OCO3)cc1. The van der Waals surface area contributed by atoms with E-state index < -0.39 is 0 Å². The molecule has 0 saturated heterocycles. The largest absolute Gasteiger partial charge is 0.497 e. The van der Waals surface area contributed by atoms with Crippen molar-refractivity contribution in [3.05, 3.63) is 48.7 Å². The Morgan fingerprint density at radius 3 is 2.59 bits per heavy atom. The molecule has 0 aliphatic carbocycles. The second kappa shape index (κ2) is 5.35. The fourth-order valence-corrected chi connectivity index (χ4v) is 3.23. The summed E-state index contributed by atoms with van der Waals surface area (Å²) in [5.41, 5.74) is 3.30. The number of rotatable bonds is 3. The summed E-state index contributed by atoms with van der Waals surface area (Å²) in [4.78, 5) is 1.11. The van der Waals surface area contributed by atoms with Gasteiger partial charge in [-0.25, -0.2) is 0 Å². The Hall–Kier alpha value is -2.53. The zero-order valence-electron chi connectivity index (χ0n) is 11.9. The number of benzene rings is 2. The van der Waals surface area contributed by atoms with Gasteiger partial charge < -0.3 is 14.2 Å². The zero-order chi connectivity index (χ0) is 14.9. The van der Waals surface area contributed by atoms with Crippen molar-refractivity contribution in [1.82, 2.24) is 4.37 Å². The summed E-state index contributed by atoms with van der Waals surface area (Å²) in [5.74, 6) is 2.42. The van der Waals surface area contributed by atoms with Crippen LogP contribution in [0.15, 0.2) is 48.7 Å². The van der Waals surface area contributed by atoms with E-state index in [2.05, 4.69) is 4.37 Å². The number of hydrogen-bond acceptors (Lipinski definition) is 5. The van der Waals surface area contributed by atoms with Gasteiger partial charge in [-0.3, -0.25) is 0 Å². The van der Waals surface area contributed by atoms with Crippen LogP contribution in [0.4, 0.5) is 0 Å². The minimum atomic E-state index is 0.285. The highest BCUT2D eigenvalue weighted by Gasteiger charge is 2.17. The van der Waals surface area contributed by atoms with Gasteiger partial charge in [-0.05, 0) is 53.0 Å². The average Bonchev–Trinajstić information content (AvgIpc) is 3.23. The second-order valence-corrected chi connectivity index (χ2v) is 5.67. The number of ether oxygens (including phenoxy) is 3. The average molecular weight is 311 g/mol. The summed E-state index contributed by atoms with van der Waals surface area (Å²) < 4.78 is 20.4. The molecule has 5 heteroatoms. The first kappa shape index (κ1) is 13.2. The van der Waals surface area contributed by atoms with E-state index in [9.17, 15) is 0 Å². The maximum absolute atomic E-state index is 5.46. The van der Waals surface area contributed by atoms with Crippen LogP contribution in [-0.2, 0) is 0 Å². The molecule has 0 atom stereocenters. The molecule has 1 aliphatic heterocycles. The highest BCUT2D eigenvalue weighted by atomic mass is 32.1. The van der Waals surface area contributed by atoms with E-state index in [1.54, 1.807) is 7.11 Å². The normalized spacial score (nSPS) is 12.4. The van der Waals surface area contributed by atoms with Crippen LogP contribution in [0, 0.1) is 0 Å². The van der Waals surface area contributed by atoms with E-state index in [4.69, 9.17) is 14.2 Å². The van der Waals surface area contributed by atoms with Gasteiger partial charge in [0.15, 0.2) is 11.5 Å². The van der Waals surface area contributed by atoms with Gasteiger partial charge >= 0.3 is 0 Å². The van der Waals surface area contributed by atoms with Crippen LogP contribution in [0.2, 0.25) is 0 Å². The standard InChI is InChI=1S/C17H13NO3S/c1-19-13-5-2-11(3-6-13)14-9-18-22-17(14)12-4-7-15-16(8-12)21-10-20-15/h2-9H,10H2,1H3. The minimum Gasteiger partial charge on any atom is -0.497 e. The van der Waals surface area contributed by atoms with E-state index in [1.165, 1.54) is 11.5 Å². The van der Waals surface area contributed by atoms with Crippen molar-refractivity contribution in [3.8, 4) is 38.8 Å². The Labute approximate surface area is 132 Å². The molecule has 0 unspecified atom stereocenters. The topological polar surface area (TPSA) is 40.6 Å². The molecule has 22 heavy (non-hydrogen) atoms. The highest BCUT2D eigenvalue weighted by molar-refractivity contribution is 7.10. The molecule has 0 radical (unpaired) electrons. The van der Waals surface area contributed by atoms with Crippen LogP contribution < -0.4 is 14.2 Å². The molecule has 0 saturated carbocycles. The lowest BCUT2D eigenvalue weighted by Crippen LogP contribution is -1.92. The number of methoxy groups -OCH3 is 1. The Morgan fingerprint density at radius 1 is 1.00 bits per heavy atom. The van der Waals surface area contributed by atoms with Gasteiger partial charge in [0.05, 0.1) is 12.0 Å². The Morgan fingerprint density at radius 2 is 1.77 bits per heavy atom. The predicted octanol–water partition coefficient (Wildman–Crippen LogP) is 4.21. The summed E-state index contributed by atoms with van der Waals surface area (Å²) in [7, 11) is 1.67. The van der Waals surface area contributed by atoms with Crippen LogP contribution in [0.1, 0.15) is 0 Å². The Bertz CT molecular complexity index is 811. The zero-order valence-corrected chi connectivity index (χ0v) is 12.7. The van der Waals surface area contributed by atoms with Gasteiger partial charge in [0, 0.05) is 11.8 Å². The number of fused-ring (bicyclic) bond motifs is 1. The molecule has 110 valence electrons. The third-order valence-electron chi connectivity index (χ3n) is 3.61. The van der Waals surface area contributed by atoms with Crippen molar-refractivity contribution in [2.75, 3.05) is 13.9 Å². The minimum absolute atomic E-state index is 0.285. The molecular formula is C17H13NO3S. The van der Waals surface area contributed by atoms with Crippen LogP contribution in [0.5, 0.6) is 17.2 Å². The molecule has 4 nitrogen and oxygen atoms in total. The predicted molar refractivity (Wildman–Crippen MR) is 85.7 cm³/mol. The van der Waals surface area contributed by atoms with Crippen LogP contribution >= 0.6 is 11.5 Å². The van der Waals surface area contributed by atoms with E-state index in [0.717, 1.165) is 38.8 Å². The van der Waals surface area contributed by atoms with E-state index in [1.807, 2.05) is 48.7 Å². The van der Waals surface area contributed by atoms with Crippen molar-refractivity contribution in [1.29, 1.82) is 0 Å². The first-order valence-electron chi connectivity index (χ1n) is 6.84. The molecular weight excluding hydrogens is 298 g/mol. The van der Waals surface area contributed by atoms with Crippen molar-refractivity contribution in [2.45, 2.75) is 0 Å². The number of hydrogen-bond donors (Lipinski definition) is 0.